The summed E-state index contributed by atoms with van der Waals surface area (Å²) in [5.41, 5.74) is 6.62. The molecule has 2 rings (SSSR count). The standard InChI is InChI=1S/C14H18N4O/c1-2-12(11-6-4-3-5-7-11)16-14(19)10-18-9-8-13(15)17-18/h3-9,12H,2,10H2,1H3,(H2,15,17)(H,16,19). The summed E-state index contributed by atoms with van der Waals surface area (Å²) in [5, 5.41) is 6.99. The maximum absolute atomic E-state index is 12.0. The van der Waals surface area contributed by atoms with E-state index >= 15 is 0 Å². The molecule has 0 saturated heterocycles. The lowest BCUT2D eigenvalue weighted by Crippen LogP contribution is -2.31. The molecule has 1 aromatic heterocycles. The summed E-state index contributed by atoms with van der Waals surface area (Å²) in [4.78, 5) is 12.0. The van der Waals surface area contributed by atoms with Crippen LogP contribution in [0.4, 0.5) is 5.82 Å². The quantitative estimate of drug-likeness (QED) is 0.857. The van der Waals surface area contributed by atoms with Crippen LogP contribution in [0.2, 0.25) is 0 Å². The highest BCUT2D eigenvalue weighted by atomic mass is 16.2. The molecule has 0 radical (unpaired) electrons. The van der Waals surface area contributed by atoms with Crippen molar-refractivity contribution in [3.05, 3.63) is 48.2 Å². The molecule has 0 bridgehead atoms. The zero-order chi connectivity index (χ0) is 13.7. The van der Waals surface area contributed by atoms with E-state index < -0.39 is 0 Å². The van der Waals surface area contributed by atoms with Gasteiger partial charge in [-0.25, -0.2) is 0 Å². The minimum atomic E-state index is -0.0706. The van der Waals surface area contributed by atoms with E-state index in [1.807, 2.05) is 37.3 Å². The molecular formula is C14H18N4O. The Bertz CT molecular complexity index is 535. The van der Waals surface area contributed by atoms with E-state index in [4.69, 9.17) is 5.73 Å². The minimum Gasteiger partial charge on any atom is -0.382 e. The zero-order valence-electron chi connectivity index (χ0n) is 10.9. The normalized spacial score (nSPS) is 12.1. The van der Waals surface area contributed by atoms with Gasteiger partial charge >= 0.3 is 0 Å². The van der Waals surface area contributed by atoms with Crippen LogP contribution in [0.5, 0.6) is 0 Å². The number of amides is 1. The highest BCUT2D eigenvalue weighted by Crippen LogP contribution is 2.15. The van der Waals surface area contributed by atoms with Crippen LogP contribution < -0.4 is 11.1 Å². The van der Waals surface area contributed by atoms with Crippen molar-refractivity contribution >= 4 is 11.7 Å². The predicted molar refractivity (Wildman–Crippen MR) is 74.3 cm³/mol. The van der Waals surface area contributed by atoms with Gasteiger partial charge in [0, 0.05) is 6.20 Å². The number of nitrogens with two attached hydrogens (primary N) is 1. The van der Waals surface area contributed by atoms with Crippen molar-refractivity contribution in [2.24, 2.45) is 0 Å². The number of anilines is 1. The highest BCUT2D eigenvalue weighted by molar-refractivity contribution is 5.76. The van der Waals surface area contributed by atoms with Gasteiger partial charge in [-0.2, -0.15) is 5.10 Å². The largest absolute Gasteiger partial charge is 0.382 e. The Balaban J connectivity index is 1.97. The molecule has 1 unspecified atom stereocenters. The molecule has 0 aliphatic rings. The van der Waals surface area contributed by atoms with E-state index in [0.29, 0.717) is 5.82 Å². The number of hydrogen-bond acceptors (Lipinski definition) is 3. The first-order chi connectivity index (χ1) is 9.19. The molecule has 5 heteroatoms. The van der Waals surface area contributed by atoms with E-state index in [2.05, 4.69) is 10.4 Å². The molecule has 3 N–H and O–H groups in total. The van der Waals surface area contributed by atoms with E-state index in [9.17, 15) is 4.79 Å². The van der Waals surface area contributed by atoms with Gasteiger partial charge in [0.15, 0.2) is 0 Å². The molecule has 1 amide bonds. The van der Waals surface area contributed by atoms with Crippen LogP contribution in [0.3, 0.4) is 0 Å². The summed E-state index contributed by atoms with van der Waals surface area (Å²) in [6, 6.07) is 11.6. The molecule has 0 aliphatic heterocycles. The van der Waals surface area contributed by atoms with Gasteiger partial charge in [0.2, 0.25) is 5.91 Å². The van der Waals surface area contributed by atoms with Crippen LogP contribution in [0.25, 0.3) is 0 Å². The van der Waals surface area contributed by atoms with Crippen LogP contribution in [-0.4, -0.2) is 15.7 Å². The fourth-order valence-corrected chi connectivity index (χ4v) is 1.96. The van der Waals surface area contributed by atoms with Crippen LogP contribution in [0.1, 0.15) is 24.9 Å². The topological polar surface area (TPSA) is 72.9 Å². The van der Waals surface area contributed by atoms with Crippen LogP contribution in [0, 0.1) is 0 Å². The Morgan fingerprint density at radius 3 is 2.68 bits per heavy atom. The summed E-state index contributed by atoms with van der Waals surface area (Å²) < 4.78 is 1.53. The highest BCUT2D eigenvalue weighted by Gasteiger charge is 2.12. The third-order valence-electron chi connectivity index (χ3n) is 2.91. The fourth-order valence-electron chi connectivity index (χ4n) is 1.96. The molecule has 100 valence electrons. The second-order valence-electron chi connectivity index (χ2n) is 4.38. The zero-order valence-corrected chi connectivity index (χ0v) is 10.9. The maximum Gasteiger partial charge on any atom is 0.242 e. The van der Waals surface area contributed by atoms with Gasteiger partial charge in [-0.05, 0) is 18.1 Å². The molecule has 0 saturated carbocycles. The molecule has 2 aromatic rings. The number of aromatic nitrogens is 2. The first kappa shape index (κ1) is 13.1. The Hall–Kier alpha value is -2.30. The number of nitrogens with one attached hydrogen (secondary N) is 1. The summed E-state index contributed by atoms with van der Waals surface area (Å²) in [6.07, 6.45) is 2.54. The average molecular weight is 258 g/mol. The molecule has 1 heterocycles. The van der Waals surface area contributed by atoms with Gasteiger partial charge in [-0.3, -0.25) is 9.48 Å². The number of rotatable bonds is 5. The molecular weight excluding hydrogens is 240 g/mol. The van der Waals surface area contributed by atoms with Crippen LogP contribution >= 0.6 is 0 Å². The van der Waals surface area contributed by atoms with Gasteiger partial charge in [0.05, 0.1) is 6.04 Å². The van der Waals surface area contributed by atoms with E-state index in [1.54, 1.807) is 12.3 Å². The van der Waals surface area contributed by atoms with Crippen LogP contribution in [0.15, 0.2) is 42.6 Å². The van der Waals surface area contributed by atoms with Crippen molar-refractivity contribution < 1.29 is 4.79 Å². The molecule has 5 nitrogen and oxygen atoms in total. The number of nitrogen functional groups attached to an aromatic ring is 1. The lowest BCUT2D eigenvalue weighted by Gasteiger charge is -2.17. The lowest BCUT2D eigenvalue weighted by atomic mass is 10.0. The van der Waals surface area contributed by atoms with Gasteiger partial charge < -0.3 is 11.1 Å². The van der Waals surface area contributed by atoms with Crippen molar-refractivity contribution in [2.45, 2.75) is 25.9 Å². The smallest absolute Gasteiger partial charge is 0.242 e. The third kappa shape index (κ3) is 3.58. The second kappa shape index (κ2) is 6.04. The Morgan fingerprint density at radius 2 is 2.11 bits per heavy atom. The number of carbonyl (C=O) groups is 1. The molecule has 19 heavy (non-hydrogen) atoms. The fraction of sp³-hybridized carbons (Fsp3) is 0.286. The summed E-state index contributed by atoms with van der Waals surface area (Å²) in [6.45, 7) is 2.23. The van der Waals surface area contributed by atoms with Crippen LogP contribution in [-0.2, 0) is 11.3 Å². The Morgan fingerprint density at radius 1 is 1.37 bits per heavy atom. The number of benzene rings is 1. The second-order valence-corrected chi connectivity index (χ2v) is 4.38. The van der Waals surface area contributed by atoms with Crippen molar-refractivity contribution in [3.8, 4) is 0 Å². The Labute approximate surface area is 112 Å². The van der Waals surface area contributed by atoms with Gasteiger partial charge in [0.25, 0.3) is 0 Å². The number of nitrogens with zero attached hydrogens (tertiary/aromatic N) is 2. The molecule has 1 aromatic carbocycles. The van der Waals surface area contributed by atoms with Gasteiger partial charge in [-0.15, -0.1) is 0 Å². The Kier molecular flexibility index (Phi) is 4.18. The van der Waals surface area contributed by atoms with Crippen molar-refractivity contribution in [1.82, 2.24) is 15.1 Å². The van der Waals surface area contributed by atoms with Crippen molar-refractivity contribution in [3.63, 3.8) is 0 Å². The molecule has 0 spiro atoms. The third-order valence-corrected chi connectivity index (χ3v) is 2.91. The number of carbonyl (C=O) groups excluding carboxylic acids is 1. The average Bonchev–Trinajstić information content (AvgIpc) is 2.82. The lowest BCUT2D eigenvalue weighted by molar-refractivity contribution is -0.122. The van der Waals surface area contributed by atoms with E-state index in [1.165, 1.54) is 4.68 Å². The molecule has 0 fully saturated rings. The predicted octanol–water partition coefficient (Wildman–Crippen LogP) is 1.73. The monoisotopic (exact) mass is 258 g/mol. The van der Waals surface area contributed by atoms with E-state index in [0.717, 1.165) is 12.0 Å². The van der Waals surface area contributed by atoms with Crippen molar-refractivity contribution in [1.29, 1.82) is 0 Å². The minimum absolute atomic E-state index is 0.0293. The number of hydrogen-bond donors (Lipinski definition) is 2. The summed E-state index contributed by atoms with van der Waals surface area (Å²) in [7, 11) is 0. The molecule has 1 atom stereocenters. The first-order valence-corrected chi connectivity index (χ1v) is 6.32. The SMILES string of the molecule is CCC(NC(=O)Cn1ccc(N)n1)c1ccccc1. The summed E-state index contributed by atoms with van der Waals surface area (Å²) in [5.74, 6) is 0.349. The van der Waals surface area contributed by atoms with Gasteiger partial charge in [-0.1, -0.05) is 37.3 Å². The van der Waals surface area contributed by atoms with E-state index in [-0.39, 0.29) is 18.5 Å². The molecule has 0 aliphatic carbocycles. The van der Waals surface area contributed by atoms with Gasteiger partial charge in [0.1, 0.15) is 12.4 Å². The first-order valence-electron chi connectivity index (χ1n) is 6.32. The summed E-state index contributed by atoms with van der Waals surface area (Å²) >= 11 is 0. The van der Waals surface area contributed by atoms with Crippen molar-refractivity contribution in [2.75, 3.05) is 5.73 Å². The maximum atomic E-state index is 12.0.